The van der Waals surface area contributed by atoms with Crippen LogP contribution >= 0.6 is 0 Å². The Hall–Kier alpha value is -3.39. The number of nitrogens with one attached hydrogen (secondary N) is 1. The van der Waals surface area contributed by atoms with Gasteiger partial charge in [-0.1, -0.05) is 0 Å². The molecule has 1 amide bonds. The van der Waals surface area contributed by atoms with Gasteiger partial charge in [0.25, 0.3) is 0 Å². The maximum Gasteiger partial charge on any atom is 0.230 e. The maximum atomic E-state index is 11.7. The van der Waals surface area contributed by atoms with Crippen molar-refractivity contribution in [3.63, 3.8) is 0 Å². The maximum absolute atomic E-state index is 11.7. The standard InChI is InChI=1S/C25H30N4O4/c1-16-22(31-3)7-6-20(24(16)32-4)25-28-21(17(2)33-25)15-29(13-18-9-11-26-12-10-18)14-19-5-8-23(30)27-19/h6-7,9-12,19H,5,8,13-15H2,1-4H3,(H,27,30)/t19-/m0/s1. The Labute approximate surface area is 193 Å². The molecule has 0 saturated carbocycles. The fraction of sp³-hybridized carbons (Fsp3) is 0.400. The molecular weight excluding hydrogens is 420 g/mol. The highest BCUT2D eigenvalue weighted by Gasteiger charge is 2.25. The zero-order valence-electron chi connectivity index (χ0n) is 19.6. The van der Waals surface area contributed by atoms with Gasteiger partial charge in [0.05, 0.1) is 25.5 Å². The molecule has 1 N–H and O–H groups in total. The minimum absolute atomic E-state index is 0.116. The molecule has 4 rings (SSSR count). The van der Waals surface area contributed by atoms with Crippen LogP contribution in [-0.2, 0) is 17.9 Å². The molecule has 3 aromatic rings. The minimum atomic E-state index is 0.116. The van der Waals surface area contributed by atoms with E-state index in [1.807, 2.05) is 38.1 Å². The molecule has 0 radical (unpaired) electrons. The second-order valence-electron chi connectivity index (χ2n) is 8.32. The summed E-state index contributed by atoms with van der Waals surface area (Å²) < 4.78 is 17.1. The van der Waals surface area contributed by atoms with Crippen LogP contribution in [0.25, 0.3) is 11.5 Å². The molecule has 1 saturated heterocycles. The van der Waals surface area contributed by atoms with E-state index in [1.165, 1.54) is 0 Å². The summed E-state index contributed by atoms with van der Waals surface area (Å²) in [7, 11) is 3.27. The SMILES string of the molecule is COc1ccc(-c2nc(CN(Cc3ccncc3)C[C@@H]3CCC(=O)N3)c(C)o2)c(OC)c1C. The molecule has 1 aliphatic rings. The predicted octanol–water partition coefficient (Wildman–Crippen LogP) is 3.65. The first-order valence-corrected chi connectivity index (χ1v) is 11.1. The van der Waals surface area contributed by atoms with Gasteiger partial charge in [0.15, 0.2) is 0 Å². The molecule has 0 unspecified atom stereocenters. The molecule has 174 valence electrons. The van der Waals surface area contributed by atoms with E-state index >= 15 is 0 Å². The number of nitrogens with zero attached hydrogens (tertiary/aromatic N) is 3. The first-order chi connectivity index (χ1) is 16.0. The number of oxazole rings is 1. The molecule has 1 aromatic carbocycles. The summed E-state index contributed by atoms with van der Waals surface area (Å²) in [6, 6.07) is 7.95. The molecule has 0 bridgehead atoms. The topological polar surface area (TPSA) is 89.7 Å². The normalized spacial score (nSPS) is 15.7. The number of pyridine rings is 1. The monoisotopic (exact) mass is 450 g/mol. The Bertz CT molecular complexity index is 1110. The number of aryl methyl sites for hydroxylation is 1. The van der Waals surface area contributed by atoms with E-state index in [0.717, 1.165) is 53.4 Å². The van der Waals surface area contributed by atoms with Gasteiger partial charge in [-0.15, -0.1) is 0 Å². The van der Waals surface area contributed by atoms with Crippen LogP contribution in [0, 0.1) is 13.8 Å². The number of amides is 1. The van der Waals surface area contributed by atoms with Crippen molar-refractivity contribution in [2.24, 2.45) is 0 Å². The van der Waals surface area contributed by atoms with Gasteiger partial charge in [-0.25, -0.2) is 4.98 Å². The van der Waals surface area contributed by atoms with Crippen LogP contribution in [0.1, 0.15) is 35.4 Å². The van der Waals surface area contributed by atoms with Gasteiger partial charge < -0.3 is 19.2 Å². The quantitative estimate of drug-likeness (QED) is 0.532. The van der Waals surface area contributed by atoms with E-state index in [-0.39, 0.29) is 11.9 Å². The highest BCUT2D eigenvalue weighted by atomic mass is 16.5. The first-order valence-electron chi connectivity index (χ1n) is 11.1. The largest absolute Gasteiger partial charge is 0.496 e. The molecular formula is C25H30N4O4. The number of rotatable bonds is 9. The number of hydrogen-bond acceptors (Lipinski definition) is 7. The van der Waals surface area contributed by atoms with Gasteiger partial charge in [0.2, 0.25) is 11.8 Å². The number of hydrogen-bond donors (Lipinski definition) is 1. The van der Waals surface area contributed by atoms with Crippen molar-refractivity contribution < 1.29 is 18.7 Å². The summed E-state index contributed by atoms with van der Waals surface area (Å²) in [5.74, 6) is 2.83. The van der Waals surface area contributed by atoms with Crippen LogP contribution in [0.2, 0.25) is 0 Å². The summed E-state index contributed by atoms with van der Waals surface area (Å²) >= 11 is 0. The Morgan fingerprint density at radius 1 is 1.12 bits per heavy atom. The first kappa shape index (κ1) is 22.8. The number of ether oxygens (including phenoxy) is 2. The third-order valence-corrected chi connectivity index (χ3v) is 6.00. The second-order valence-corrected chi connectivity index (χ2v) is 8.32. The molecule has 0 spiro atoms. The molecule has 0 aliphatic carbocycles. The molecule has 1 fully saturated rings. The fourth-order valence-corrected chi connectivity index (χ4v) is 4.29. The lowest BCUT2D eigenvalue weighted by Crippen LogP contribution is -2.38. The summed E-state index contributed by atoms with van der Waals surface area (Å²) in [6.45, 7) is 5.94. The lowest BCUT2D eigenvalue weighted by Gasteiger charge is -2.25. The van der Waals surface area contributed by atoms with E-state index in [1.54, 1.807) is 26.6 Å². The number of benzene rings is 1. The number of aromatic nitrogens is 2. The van der Waals surface area contributed by atoms with E-state index in [9.17, 15) is 4.79 Å². The third kappa shape index (κ3) is 5.17. The highest BCUT2D eigenvalue weighted by molar-refractivity contribution is 5.78. The van der Waals surface area contributed by atoms with E-state index in [2.05, 4.69) is 15.2 Å². The lowest BCUT2D eigenvalue weighted by atomic mass is 10.1. The van der Waals surface area contributed by atoms with Crippen molar-refractivity contribution in [2.75, 3.05) is 20.8 Å². The Morgan fingerprint density at radius 2 is 1.91 bits per heavy atom. The van der Waals surface area contributed by atoms with Gasteiger partial charge in [-0.05, 0) is 50.1 Å². The van der Waals surface area contributed by atoms with Gasteiger partial charge in [0.1, 0.15) is 17.3 Å². The average molecular weight is 451 g/mol. The average Bonchev–Trinajstić information content (AvgIpc) is 3.39. The van der Waals surface area contributed by atoms with Gasteiger partial charge in [-0.2, -0.15) is 0 Å². The Balaban J connectivity index is 1.59. The molecule has 33 heavy (non-hydrogen) atoms. The zero-order chi connectivity index (χ0) is 23.4. The van der Waals surface area contributed by atoms with Gasteiger partial charge >= 0.3 is 0 Å². The predicted molar refractivity (Wildman–Crippen MR) is 124 cm³/mol. The lowest BCUT2D eigenvalue weighted by molar-refractivity contribution is -0.119. The van der Waals surface area contributed by atoms with Crippen molar-refractivity contribution in [1.82, 2.24) is 20.2 Å². The van der Waals surface area contributed by atoms with Crippen LogP contribution in [-0.4, -0.2) is 47.6 Å². The van der Waals surface area contributed by atoms with E-state index in [4.69, 9.17) is 18.9 Å². The highest BCUT2D eigenvalue weighted by Crippen LogP contribution is 2.38. The minimum Gasteiger partial charge on any atom is -0.496 e. The Kier molecular flexibility index (Phi) is 6.93. The summed E-state index contributed by atoms with van der Waals surface area (Å²) in [6.07, 6.45) is 5.01. The summed E-state index contributed by atoms with van der Waals surface area (Å²) in [5.41, 5.74) is 3.70. The Morgan fingerprint density at radius 3 is 2.58 bits per heavy atom. The van der Waals surface area contributed by atoms with Crippen molar-refractivity contribution in [3.05, 3.63) is 59.2 Å². The molecule has 3 heterocycles. The summed E-state index contributed by atoms with van der Waals surface area (Å²) in [4.78, 5) is 22.9. The van der Waals surface area contributed by atoms with Gasteiger partial charge in [-0.3, -0.25) is 14.7 Å². The van der Waals surface area contributed by atoms with Crippen molar-refractivity contribution >= 4 is 5.91 Å². The van der Waals surface area contributed by atoms with E-state index < -0.39 is 0 Å². The summed E-state index contributed by atoms with van der Waals surface area (Å²) in [5, 5.41) is 3.07. The molecule has 8 heteroatoms. The third-order valence-electron chi connectivity index (χ3n) is 6.00. The molecule has 1 atom stereocenters. The van der Waals surface area contributed by atoms with Crippen LogP contribution in [0.15, 0.2) is 41.1 Å². The van der Waals surface area contributed by atoms with E-state index in [0.29, 0.717) is 24.6 Å². The fourth-order valence-electron chi connectivity index (χ4n) is 4.29. The molecule has 1 aliphatic heterocycles. The number of carbonyl (C=O) groups is 1. The smallest absolute Gasteiger partial charge is 0.230 e. The van der Waals surface area contributed by atoms with Crippen LogP contribution in [0.5, 0.6) is 11.5 Å². The molecule has 2 aromatic heterocycles. The second kappa shape index (κ2) is 10.0. The van der Waals surface area contributed by atoms with Gasteiger partial charge in [0, 0.05) is 50.1 Å². The number of methoxy groups -OCH3 is 2. The zero-order valence-corrected chi connectivity index (χ0v) is 19.6. The van der Waals surface area contributed by atoms with Crippen LogP contribution in [0.4, 0.5) is 0 Å². The van der Waals surface area contributed by atoms with Crippen molar-refractivity contribution in [2.45, 2.75) is 45.8 Å². The van der Waals surface area contributed by atoms with Crippen LogP contribution in [0.3, 0.4) is 0 Å². The molecule has 8 nitrogen and oxygen atoms in total. The van der Waals surface area contributed by atoms with Crippen molar-refractivity contribution in [1.29, 1.82) is 0 Å². The number of carbonyl (C=O) groups excluding carboxylic acids is 1. The van der Waals surface area contributed by atoms with Crippen molar-refractivity contribution in [3.8, 4) is 23.0 Å². The van der Waals surface area contributed by atoms with Crippen LogP contribution < -0.4 is 14.8 Å².